The fourth-order valence-corrected chi connectivity index (χ4v) is 13.8. The fraction of sp³-hybridized carbons (Fsp3) is 0.628. The monoisotopic (exact) mass is 678 g/mol. The van der Waals surface area contributed by atoms with E-state index in [1.165, 1.54) is 45.4 Å². The number of rotatable bonds is 3. The lowest BCUT2D eigenvalue weighted by Gasteiger charge is -2.74. The van der Waals surface area contributed by atoms with Gasteiger partial charge in [0.1, 0.15) is 29.0 Å². The molecule has 2 aromatic rings. The first-order valence-electron chi connectivity index (χ1n) is 19.1. The van der Waals surface area contributed by atoms with Crippen LogP contribution in [0.15, 0.2) is 47.7 Å². The Kier molecular flexibility index (Phi) is 6.35. The van der Waals surface area contributed by atoms with Crippen molar-refractivity contribution in [3.05, 3.63) is 81.1 Å². The van der Waals surface area contributed by atoms with Crippen molar-refractivity contribution in [1.82, 2.24) is 9.80 Å². The van der Waals surface area contributed by atoms with Crippen molar-refractivity contribution in [2.75, 3.05) is 41.4 Å². The molecule has 5 fully saturated rings. The van der Waals surface area contributed by atoms with E-state index in [2.05, 4.69) is 74.2 Å². The van der Waals surface area contributed by atoms with Crippen LogP contribution in [0.5, 0.6) is 11.5 Å². The van der Waals surface area contributed by atoms with E-state index in [1.54, 1.807) is 7.11 Å². The second kappa shape index (κ2) is 9.97. The fourth-order valence-electron chi connectivity index (χ4n) is 13.8. The van der Waals surface area contributed by atoms with Gasteiger partial charge in [0.2, 0.25) is 0 Å². The number of fused-ring (bicyclic) bond motifs is 2. The first kappa shape index (κ1) is 31.9. The van der Waals surface area contributed by atoms with Crippen LogP contribution in [-0.2, 0) is 33.1 Å². The lowest BCUT2D eigenvalue weighted by atomic mass is 9.34. The van der Waals surface area contributed by atoms with Crippen molar-refractivity contribution < 1.29 is 24.1 Å². The van der Waals surface area contributed by atoms with E-state index in [0.717, 1.165) is 68.9 Å². The summed E-state index contributed by atoms with van der Waals surface area (Å²) in [6, 6.07) is 10.1. The van der Waals surface area contributed by atoms with Crippen LogP contribution < -0.4 is 9.47 Å². The van der Waals surface area contributed by atoms with E-state index in [4.69, 9.17) is 18.9 Å². The van der Waals surface area contributed by atoms with Crippen LogP contribution in [0.4, 0.5) is 0 Å². The van der Waals surface area contributed by atoms with Gasteiger partial charge in [-0.1, -0.05) is 30.3 Å². The number of nitrogens with zero attached hydrogens (tertiary/aromatic N) is 2. The molecule has 4 heterocycles. The third kappa shape index (κ3) is 3.43. The molecule has 9 atom stereocenters. The SMILES string of the molecule is COC1=CC=C2[C@H]3Cc4ccc(C)c5c4[C@@]2(CCN3C)[C@H]1O5.CO[C@]12CC[C@@]3(CC1C(C)(C)O)[C@H]1Cc4ccc(C)c5c4[C@@]3(CCN1C)[C@H]2O5. The normalized spacial score (nSPS) is 40.8. The minimum Gasteiger partial charge on any atom is -0.497 e. The smallest absolute Gasteiger partial charge is 0.169 e. The molecule has 266 valence electrons. The molecule has 2 aromatic carbocycles. The number of allylic oxidation sites excluding steroid dienone is 2. The Morgan fingerprint density at radius 2 is 1.54 bits per heavy atom. The van der Waals surface area contributed by atoms with E-state index in [-0.39, 0.29) is 34.4 Å². The van der Waals surface area contributed by atoms with Crippen LogP contribution >= 0.6 is 0 Å². The average molecular weight is 679 g/mol. The Hall–Kier alpha value is -2.84. The number of likely N-dealkylation sites (N-methyl/N-ethyl adjacent to an activating group) is 2. The number of hydrogen-bond acceptors (Lipinski definition) is 7. The second-order valence-corrected chi connectivity index (χ2v) is 18.0. The summed E-state index contributed by atoms with van der Waals surface area (Å²) < 4.78 is 25.5. The first-order chi connectivity index (χ1) is 23.9. The molecule has 6 bridgehead atoms. The molecule has 0 aromatic heterocycles. The highest BCUT2D eigenvalue weighted by Crippen LogP contribution is 2.77. The summed E-state index contributed by atoms with van der Waals surface area (Å²) in [5.41, 5.74) is 8.96. The van der Waals surface area contributed by atoms with Crippen molar-refractivity contribution in [1.29, 1.82) is 0 Å². The molecule has 7 heteroatoms. The van der Waals surface area contributed by atoms with Gasteiger partial charge >= 0.3 is 0 Å². The van der Waals surface area contributed by atoms with Crippen molar-refractivity contribution in [3.8, 4) is 11.5 Å². The molecule has 6 aliphatic carbocycles. The highest BCUT2D eigenvalue weighted by Gasteiger charge is 2.81. The quantitative estimate of drug-likeness (QED) is 0.432. The summed E-state index contributed by atoms with van der Waals surface area (Å²) in [6.45, 7) is 10.5. The van der Waals surface area contributed by atoms with Crippen LogP contribution in [0.3, 0.4) is 0 Å². The van der Waals surface area contributed by atoms with Crippen LogP contribution in [0.2, 0.25) is 0 Å². The van der Waals surface area contributed by atoms with E-state index in [0.29, 0.717) is 12.1 Å². The second-order valence-electron chi connectivity index (χ2n) is 18.0. The molecule has 7 nitrogen and oxygen atoms in total. The molecule has 3 saturated carbocycles. The Morgan fingerprint density at radius 3 is 2.24 bits per heavy atom. The number of methoxy groups -OCH3 is 2. The maximum atomic E-state index is 11.3. The van der Waals surface area contributed by atoms with Gasteiger partial charge in [0, 0.05) is 47.1 Å². The molecule has 4 aliphatic heterocycles. The summed E-state index contributed by atoms with van der Waals surface area (Å²) in [5, 5.41) is 11.3. The molecule has 50 heavy (non-hydrogen) atoms. The highest BCUT2D eigenvalue weighted by molar-refractivity contribution is 5.66. The summed E-state index contributed by atoms with van der Waals surface area (Å²) in [5.74, 6) is 3.30. The molecule has 2 saturated heterocycles. The van der Waals surface area contributed by atoms with Gasteiger partial charge < -0.3 is 29.0 Å². The number of aryl methyl sites for hydroxylation is 2. The average Bonchev–Trinajstić information content (AvgIpc) is 3.65. The minimum absolute atomic E-state index is 0.00616. The Morgan fingerprint density at radius 1 is 0.840 bits per heavy atom. The summed E-state index contributed by atoms with van der Waals surface area (Å²) in [6.07, 6.45) is 12.1. The first-order valence-corrected chi connectivity index (χ1v) is 19.1. The molecule has 0 radical (unpaired) electrons. The van der Waals surface area contributed by atoms with Crippen molar-refractivity contribution >= 4 is 0 Å². The lowest BCUT2D eigenvalue weighted by molar-refractivity contribution is -0.298. The van der Waals surface area contributed by atoms with Gasteiger partial charge in [-0.2, -0.15) is 0 Å². The van der Waals surface area contributed by atoms with Gasteiger partial charge in [0.25, 0.3) is 0 Å². The Bertz CT molecular complexity index is 1890. The predicted molar refractivity (Wildman–Crippen MR) is 193 cm³/mol. The zero-order valence-electron chi connectivity index (χ0n) is 31.2. The largest absolute Gasteiger partial charge is 0.497 e. The van der Waals surface area contributed by atoms with Crippen molar-refractivity contribution in [2.24, 2.45) is 11.3 Å². The summed E-state index contributed by atoms with van der Waals surface area (Å²) in [7, 11) is 8.17. The zero-order valence-corrected chi connectivity index (χ0v) is 31.2. The number of benzene rings is 2. The topological polar surface area (TPSA) is 63.6 Å². The Balaban J connectivity index is 0.000000130. The zero-order chi connectivity index (χ0) is 34.7. The molecule has 0 amide bonds. The van der Waals surface area contributed by atoms with Gasteiger partial charge in [-0.15, -0.1) is 0 Å². The van der Waals surface area contributed by atoms with Gasteiger partial charge in [-0.25, -0.2) is 0 Å². The van der Waals surface area contributed by atoms with E-state index in [1.807, 2.05) is 21.0 Å². The van der Waals surface area contributed by atoms with Gasteiger partial charge in [-0.3, -0.25) is 4.90 Å². The molecule has 12 rings (SSSR count). The number of aliphatic hydroxyl groups is 1. The number of piperidine rings is 2. The van der Waals surface area contributed by atoms with E-state index in [9.17, 15) is 5.11 Å². The van der Waals surface area contributed by atoms with Gasteiger partial charge in [-0.05, 0) is 134 Å². The minimum atomic E-state index is -0.786. The van der Waals surface area contributed by atoms with Crippen LogP contribution in [-0.4, -0.2) is 91.8 Å². The number of likely N-dealkylation sites (tertiary alicyclic amines) is 2. The molecule has 1 unspecified atom stereocenters. The summed E-state index contributed by atoms with van der Waals surface area (Å²) in [4.78, 5) is 5.11. The number of hydrogen-bond donors (Lipinski definition) is 1. The van der Waals surface area contributed by atoms with Gasteiger partial charge in [0.15, 0.2) is 6.10 Å². The molecular formula is C43H54N2O5. The van der Waals surface area contributed by atoms with Gasteiger partial charge in [0.05, 0.1) is 18.1 Å². The maximum absolute atomic E-state index is 11.3. The Labute approximate surface area is 297 Å². The van der Waals surface area contributed by atoms with E-state index >= 15 is 0 Å². The predicted octanol–water partition coefficient (Wildman–Crippen LogP) is 5.93. The molecule has 1 N–H and O–H groups in total. The third-order valence-electron chi connectivity index (χ3n) is 15.9. The molecule has 3 spiro atoms. The molecular weight excluding hydrogens is 624 g/mol. The lowest BCUT2D eigenvalue weighted by Crippen LogP contribution is -2.82. The van der Waals surface area contributed by atoms with E-state index < -0.39 is 11.2 Å². The number of ether oxygens (including phenoxy) is 4. The highest BCUT2D eigenvalue weighted by atomic mass is 16.6. The van der Waals surface area contributed by atoms with Crippen LogP contribution in [0.25, 0.3) is 0 Å². The molecule has 10 aliphatic rings. The summed E-state index contributed by atoms with van der Waals surface area (Å²) >= 11 is 0. The van der Waals surface area contributed by atoms with Crippen LogP contribution in [0, 0.1) is 25.2 Å². The maximum Gasteiger partial charge on any atom is 0.169 e. The van der Waals surface area contributed by atoms with Crippen LogP contribution in [0.1, 0.15) is 79.3 Å². The van der Waals surface area contributed by atoms with Crippen molar-refractivity contribution in [3.63, 3.8) is 0 Å². The standard InChI is InChI=1S/C24H33NO3.C19H21NO2/c1-14-6-7-15-12-17-22-8-9-24(27-5,16(13-22)21(2,3)26)20-23(22,10-11-25(17)4)18(15)19(14)28-20;1-11-4-5-12-10-14-13-6-7-15(21-3)18-19(13,8-9-20(14)2)16(12)17(11)22-18/h6-7,16-17,20,26H,8-13H2,1-5H3;4-7,14,18H,8-10H2,1-3H3/t16?,17-,20-,22-,23+,24-;14-,18+,19+/m11/s1. The van der Waals surface area contributed by atoms with Crippen molar-refractivity contribution in [2.45, 2.75) is 119 Å². The third-order valence-corrected chi connectivity index (χ3v) is 15.9.